The summed E-state index contributed by atoms with van der Waals surface area (Å²) in [6, 6.07) is 9.85. The fourth-order valence-corrected chi connectivity index (χ4v) is 4.74. The van der Waals surface area contributed by atoms with Crippen molar-refractivity contribution in [3.8, 4) is 6.07 Å². The Morgan fingerprint density at radius 3 is 2.97 bits per heavy atom. The number of fused-ring (bicyclic) bond motifs is 3. The Kier molecular flexibility index (Phi) is 4.44. The Morgan fingerprint density at radius 2 is 2.27 bits per heavy atom. The third-order valence-corrected chi connectivity index (χ3v) is 6.39. The van der Waals surface area contributed by atoms with E-state index in [1.165, 1.54) is 5.57 Å². The van der Waals surface area contributed by atoms with Gasteiger partial charge in [-0.2, -0.15) is 5.26 Å². The summed E-state index contributed by atoms with van der Waals surface area (Å²) in [5.41, 5.74) is 5.14. The van der Waals surface area contributed by atoms with Crippen LogP contribution in [-0.4, -0.2) is 39.6 Å². The predicted octanol–water partition coefficient (Wildman–Crippen LogP) is 2.81. The molecule has 2 bridgehead atoms. The van der Waals surface area contributed by atoms with Crippen molar-refractivity contribution in [1.29, 1.82) is 5.26 Å². The number of cyclic esters (lactones) is 1. The molecule has 5 rings (SSSR count). The first kappa shape index (κ1) is 18.6. The largest absolute Gasteiger partial charge is 0.457 e. The number of rotatable bonds is 5. The molecule has 2 N–H and O–H groups in total. The lowest BCUT2D eigenvalue weighted by Crippen LogP contribution is -2.35. The summed E-state index contributed by atoms with van der Waals surface area (Å²) in [4.78, 5) is 18.3. The summed E-state index contributed by atoms with van der Waals surface area (Å²) in [6.45, 7) is 2.75. The molecule has 30 heavy (non-hydrogen) atoms. The lowest BCUT2D eigenvalue weighted by atomic mass is 9.95. The molecule has 3 heterocycles. The summed E-state index contributed by atoms with van der Waals surface area (Å²) in [5, 5.41) is 23.2. The van der Waals surface area contributed by atoms with Crippen molar-refractivity contribution in [1.82, 2.24) is 9.88 Å². The second-order valence-electron chi connectivity index (χ2n) is 8.13. The van der Waals surface area contributed by atoms with Crippen LogP contribution >= 0.6 is 0 Å². The highest BCUT2D eigenvalue weighted by Crippen LogP contribution is 2.39. The van der Waals surface area contributed by atoms with E-state index in [4.69, 9.17) is 10.00 Å². The number of nitrogens with one attached hydrogen (secondary N) is 1. The molecule has 0 amide bonds. The van der Waals surface area contributed by atoms with Crippen molar-refractivity contribution < 1.29 is 14.6 Å². The molecule has 3 aliphatic rings. The average Bonchev–Trinajstić information content (AvgIpc) is 3.44. The van der Waals surface area contributed by atoms with Gasteiger partial charge in [0.25, 0.3) is 0 Å². The van der Waals surface area contributed by atoms with E-state index in [9.17, 15) is 9.90 Å². The highest BCUT2D eigenvalue weighted by molar-refractivity contribution is 5.93. The van der Waals surface area contributed by atoms with Crippen LogP contribution in [0.15, 0.2) is 42.2 Å². The van der Waals surface area contributed by atoms with E-state index in [0.29, 0.717) is 23.7 Å². The van der Waals surface area contributed by atoms with Gasteiger partial charge < -0.3 is 20.1 Å². The molecular weight excluding hydrogens is 380 g/mol. The molecule has 1 aromatic carbocycles. The van der Waals surface area contributed by atoms with Gasteiger partial charge in [0.2, 0.25) is 0 Å². The van der Waals surface area contributed by atoms with E-state index in [2.05, 4.69) is 27.5 Å². The number of β-amino-alcohol motifs (C(OH)–C–C–N with tert-alkyl or cyclic N) is 1. The van der Waals surface area contributed by atoms with Crippen molar-refractivity contribution >= 4 is 11.8 Å². The van der Waals surface area contributed by atoms with Gasteiger partial charge in [0.05, 0.1) is 23.3 Å². The van der Waals surface area contributed by atoms with E-state index in [-0.39, 0.29) is 18.6 Å². The average molecular weight is 402 g/mol. The monoisotopic (exact) mass is 402 g/mol. The van der Waals surface area contributed by atoms with Crippen LogP contribution in [0, 0.1) is 18.3 Å². The van der Waals surface area contributed by atoms with Crippen molar-refractivity contribution in [2.24, 2.45) is 0 Å². The number of hydrogen-bond acceptors (Lipinski definition) is 7. The lowest BCUT2D eigenvalue weighted by Gasteiger charge is -2.31. The molecule has 1 aliphatic carbocycles. The number of anilines is 1. The van der Waals surface area contributed by atoms with E-state index in [1.807, 2.05) is 19.1 Å². The SMILES string of the molecule is Cc1c([C@@H](O)CN2C=C3C[C@@H]2CC3Nc2ccc(C#N)cn2)ccc2c1COC2=O. The highest BCUT2D eigenvalue weighted by Gasteiger charge is 2.39. The minimum absolute atomic E-state index is 0.230. The minimum atomic E-state index is -0.631. The molecule has 2 aromatic rings. The maximum atomic E-state index is 11.7. The topological polar surface area (TPSA) is 98.5 Å². The van der Waals surface area contributed by atoms with Crippen LogP contribution in [0.1, 0.15) is 51.6 Å². The summed E-state index contributed by atoms with van der Waals surface area (Å²) in [7, 11) is 0. The fourth-order valence-electron chi connectivity index (χ4n) is 4.74. The number of aliphatic hydroxyl groups excluding tert-OH is 1. The molecule has 1 saturated carbocycles. The van der Waals surface area contributed by atoms with Crippen molar-refractivity contribution in [3.05, 3.63) is 70.1 Å². The van der Waals surface area contributed by atoms with Gasteiger partial charge in [0, 0.05) is 30.5 Å². The zero-order valence-electron chi connectivity index (χ0n) is 16.6. The number of esters is 1. The smallest absolute Gasteiger partial charge is 0.338 e. The molecular formula is C23H22N4O3. The summed E-state index contributed by atoms with van der Waals surface area (Å²) >= 11 is 0. The van der Waals surface area contributed by atoms with Crippen LogP contribution in [-0.2, 0) is 11.3 Å². The third kappa shape index (κ3) is 3.10. The molecule has 7 nitrogen and oxygen atoms in total. The van der Waals surface area contributed by atoms with Crippen LogP contribution in [0.4, 0.5) is 5.82 Å². The molecule has 1 unspecified atom stereocenters. The van der Waals surface area contributed by atoms with Gasteiger partial charge in [-0.25, -0.2) is 9.78 Å². The molecule has 0 radical (unpaired) electrons. The van der Waals surface area contributed by atoms with Gasteiger partial charge in [-0.05, 0) is 54.7 Å². The van der Waals surface area contributed by atoms with Crippen molar-refractivity contribution in [2.75, 3.05) is 11.9 Å². The van der Waals surface area contributed by atoms with Crippen LogP contribution in [0.3, 0.4) is 0 Å². The predicted molar refractivity (Wildman–Crippen MR) is 109 cm³/mol. The number of carbonyl (C=O) groups excluding carboxylic acids is 1. The molecule has 3 atom stereocenters. The van der Waals surface area contributed by atoms with Crippen LogP contribution in [0.2, 0.25) is 0 Å². The van der Waals surface area contributed by atoms with E-state index >= 15 is 0 Å². The summed E-state index contributed by atoms with van der Waals surface area (Å²) in [6.07, 6.45) is 5.02. The standard InChI is InChI=1S/C23H22N4O3/c1-13-17(3-4-18-19(13)12-30-23(18)29)21(28)11-27-10-15-6-16(27)7-20(15)26-22-5-2-14(8-24)9-25-22/h2-5,9-10,16,20-21,28H,6-7,11-12H2,1H3,(H,25,26)/t16-,20?,21+/m1/s1. The Hall–Kier alpha value is -3.37. The van der Waals surface area contributed by atoms with Crippen molar-refractivity contribution in [3.63, 3.8) is 0 Å². The molecule has 0 saturated heterocycles. The normalized spacial score (nSPS) is 22.4. The van der Waals surface area contributed by atoms with E-state index in [1.54, 1.807) is 18.3 Å². The van der Waals surface area contributed by atoms with Gasteiger partial charge in [0.1, 0.15) is 18.5 Å². The van der Waals surface area contributed by atoms with Crippen LogP contribution in [0.5, 0.6) is 0 Å². The van der Waals surface area contributed by atoms with Gasteiger partial charge in [-0.15, -0.1) is 0 Å². The van der Waals surface area contributed by atoms with Crippen LogP contribution < -0.4 is 5.32 Å². The maximum absolute atomic E-state index is 11.7. The number of pyridine rings is 1. The van der Waals surface area contributed by atoms with Gasteiger partial charge in [0.15, 0.2) is 0 Å². The number of benzene rings is 1. The maximum Gasteiger partial charge on any atom is 0.338 e. The Balaban J connectivity index is 1.26. The van der Waals surface area contributed by atoms with E-state index < -0.39 is 6.10 Å². The third-order valence-electron chi connectivity index (χ3n) is 6.39. The quantitative estimate of drug-likeness (QED) is 0.742. The number of aliphatic hydroxyl groups is 1. The van der Waals surface area contributed by atoms with Gasteiger partial charge >= 0.3 is 5.97 Å². The number of nitrogens with zero attached hydrogens (tertiary/aromatic N) is 3. The first-order valence-corrected chi connectivity index (χ1v) is 10.1. The number of aromatic nitrogens is 1. The molecule has 152 valence electrons. The first-order valence-electron chi connectivity index (χ1n) is 10.1. The Labute approximate surface area is 174 Å². The van der Waals surface area contributed by atoms with Crippen LogP contribution in [0.25, 0.3) is 0 Å². The molecule has 0 spiro atoms. The van der Waals surface area contributed by atoms with E-state index in [0.717, 1.165) is 35.3 Å². The molecule has 1 fully saturated rings. The first-order chi connectivity index (χ1) is 14.5. The van der Waals surface area contributed by atoms with Gasteiger partial charge in [-0.1, -0.05) is 6.07 Å². The Morgan fingerprint density at radius 1 is 1.40 bits per heavy atom. The zero-order chi connectivity index (χ0) is 20.8. The second-order valence-corrected chi connectivity index (χ2v) is 8.13. The minimum Gasteiger partial charge on any atom is -0.457 e. The number of hydrogen-bond donors (Lipinski definition) is 2. The van der Waals surface area contributed by atoms with Crippen molar-refractivity contribution in [2.45, 2.75) is 44.6 Å². The highest BCUT2D eigenvalue weighted by atomic mass is 16.5. The second kappa shape index (κ2) is 7.15. The molecule has 1 aromatic heterocycles. The number of carbonyl (C=O) groups is 1. The lowest BCUT2D eigenvalue weighted by molar-refractivity contribution is 0.0535. The summed E-state index contributed by atoms with van der Waals surface area (Å²) in [5.74, 6) is 0.482. The molecule has 2 aliphatic heterocycles. The zero-order valence-corrected chi connectivity index (χ0v) is 16.6. The number of ether oxygens (including phenoxy) is 1. The molecule has 7 heteroatoms. The number of nitriles is 1. The summed E-state index contributed by atoms with van der Waals surface area (Å²) < 4.78 is 5.12. The van der Waals surface area contributed by atoms with Gasteiger partial charge in [-0.3, -0.25) is 0 Å². The Bertz CT molecular complexity index is 1090. The fraction of sp³-hybridized carbons (Fsp3) is 0.348.